The van der Waals surface area contributed by atoms with Gasteiger partial charge in [0.15, 0.2) is 5.78 Å². The lowest BCUT2D eigenvalue weighted by molar-refractivity contribution is 0.102. The molecule has 0 saturated heterocycles. The van der Waals surface area contributed by atoms with Crippen LogP contribution in [0.2, 0.25) is 0 Å². The molecule has 1 aromatic carbocycles. The summed E-state index contributed by atoms with van der Waals surface area (Å²) in [5, 5.41) is 1.94. The normalized spacial score (nSPS) is 10.9. The van der Waals surface area contributed by atoms with Crippen LogP contribution in [0.25, 0.3) is 10.2 Å². The van der Waals surface area contributed by atoms with Crippen LogP contribution in [0, 0.1) is 13.8 Å². The maximum absolute atomic E-state index is 12.4. The zero-order valence-corrected chi connectivity index (χ0v) is 14.8. The second-order valence-corrected chi connectivity index (χ2v) is 7.25. The van der Waals surface area contributed by atoms with Crippen molar-refractivity contribution in [1.29, 1.82) is 0 Å². The van der Waals surface area contributed by atoms with Gasteiger partial charge < -0.3 is 4.74 Å². The average Bonchev–Trinajstić information content (AvgIpc) is 2.87. The highest BCUT2D eigenvalue weighted by Crippen LogP contribution is 2.34. The van der Waals surface area contributed by atoms with Crippen LogP contribution in [-0.2, 0) is 0 Å². The predicted molar refractivity (Wildman–Crippen MR) is 94.9 cm³/mol. The molecule has 0 amide bonds. The van der Waals surface area contributed by atoms with Gasteiger partial charge in [-0.25, -0.2) is 9.97 Å². The third-order valence-corrected chi connectivity index (χ3v) is 5.77. The first-order valence-corrected chi connectivity index (χ1v) is 8.91. The van der Waals surface area contributed by atoms with Gasteiger partial charge in [-0.3, -0.25) is 4.79 Å². The lowest BCUT2D eigenvalue weighted by Crippen LogP contribution is -2.03. The molecule has 3 rings (SSSR count). The van der Waals surface area contributed by atoms with Gasteiger partial charge >= 0.3 is 0 Å². The monoisotopic (exact) mass is 344 g/mol. The predicted octanol–water partition coefficient (Wildman–Crippen LogP) is 4.29. The fourth-order valence-electron chi connectivity index (χ4n) is 2.27. The Hall–Kier alpha value is -1.92. The first-order chi connectivity index (χ1) is 11.1. The van der Waals surface area contributed by atoms with Gasteiger partial charge in [0.2, 0.25) is 0 Å². The molecule has 0 N–H and O–H groups in total. The SMILES string of the molecule is COc1cccc(C(=O)CSc2ncnc3sc(C)c(C)c23)c1. The number of carbonyl (C=O) groups excluding carboxylic acids is 1. The molecule has 2 aromatic heterocycles. The molecule has 0 bridgehead atoms. The molecule has 0 spiro atoms. The van der Waals surface area contributed by atoms with E-state index in [0.717, 1.165) is 15.2 Å². The van der Waals surface area contributed by atoms with Gasteiger partial charge in [-0.05, 0) is 31.5 Å². The number of benzene rings is 1. The third-order valence-electron chi connectivity index (χ3n) is 3.66. The average molecular weight is 344 g/mol. The molecule has 0 unspecified atom stereocenters. The maximum atomic E-state index is 12.4. The van der Waals surface area contributed by atoms with Crippen LogP contribution in [0.3, 0.4) is 0 Å². The van der Waals surface area contributed by atoms with Crippen molar-refractivity contribution in [1.82, 2.24) is 9.97 Å². The van der Waals surface area contributed by atoms with Crippen molar-refractivity contribution in [3.8, 4) is 5.75 Å². The summed E-state index contributed by atoms with van der Waals surface area (Å²) in [6.07, 6.45) is 1.57. The number of rotatable bonds is 5. The fraction of sp³-hybridized carbons (Fsp3) is 0.235. The zero-order chi connectivity index (χ0) is 16.4. The molecule has 0 aliphatic carbocycles. The molecule has 0 atom stereocenters. The Morgan fingerprint density at radius 2 is 2.13 bits per heavy atom. The number of hydrogen-bond donors (Lipinski definition) is 0. The van der Waals surface area contributed by atoms with Crippen LogP contribution >= 0.6 is 23.1 Å². The highest BCUT2D eigenvalue weighted by Gasteiger charge is 2.14. The molecule has 0 aliphatic heterocycles. The molecule has 0 saturated carbocycles. The van der Waals surface area contributed by atoms with E-state index >= 15 is 0 Å². The van der Waals surface area contributed by atoms with Crippen molar-refractivity contribution in [2.24, 2.45) is 0 Å². The molecule has 118 valence electrons. The number of aromatic nitrogens is 2. The van der Waals surface area contributed by atoms with Crippen molar-refractivity contribution in [3.63, 3.8) is 0 Å². The van der Waals surface area contributed by atoms with Crippen molar-refractivity contribution in [3.05, 3.63) is 46.6 Å². The van der Waals surface area contributed by atoms with Crippen LogP contribution in [0.1, 0.15) is 20.8 Å². The quantitative estimate of drug-likeness (QED) is 0.392. The topological polar surface area (TPSA) is 52.1 Å². The molecule has 3 aromatic rings. The smallest absolute Gasteiger partial charge is 0.173 e. The van der Waals surface area contributed by atoms with E-state index in [1.54, 1.807) is 36.9 Å². The number of thioether (sulfide) groups is 1. The van der Waals surface area contributed by atoms with Gasteiger partial charge in [0.05, 0.1) is 12.9 Å². The molecular formula is C17H16N2O2S2. The molecule has 0 aliphatic rings. The summed E-state index contributed by atoms with van der Waals surface area (Å²) in [4.78, 5) is 23.3. The van der Waals surface area contributed by atoms with Crippen LogP contribution in [0.4, 0.5) is 0 Å². The largest absolute Gasteiger partial charge is 0.497 e. The number of thiophene rings is 1. The van der Waals surface area contributed by atoms with Gasteiger partial charge in [0.25, 0.3) is 0 Å². The van der Waals surface area contributed by atoms with Crippen LogP contribution in [0.5, 0.6) is 5.75 Å². The molecule has 4 nitrogen and oxygen atoms in total. The third kappa shape index (κ3) is 3.23. The molecular weight excluding hydrogens is 328 g/mol. The Bertz CT molecular complexity index is 874. The number of aryl methyl sites for hydroxylation is 2. The molecule has 23 heavy (non-hydrogen) atoms. The van der Waals surface area contributed by atoms with E-state index in [0.29, 0.717) is 17.1 Å². The second-order valence-electron chi connectivity index (χ2n) is 5.09. The molecule has 6 heteroatoms. The summed E-state index contributed by atoms with van der Waals surface area (Å²) in [5.41, 5.74) is 1.85. The Morgan fingerprint density at radius 3 is 2.91 bits per heavy atom. The number of methoxy groups -OCH3 is 1. The standard InChI is InChI=1S/C17H16N2O2S2/c1-10-11(2)23-17-15(10)16(18-9-19-17)22-8-14(20)12-5-4-6-13(7-12)21-3/h4-7,9H,8H2,1-3H3. The number of Topliss-reactive ketones (excluding diaryl/α,β-unsaturated/α-hetero) is 1. The van der Waals surface area contributed by atoms with Crippen LogP contribution < -0.4 is 4.74 Å². The minimum absolute atomic E-state index is 0.0604. The fourth-order valence-corrected chi connectivity index (χ4v) is 4.29. The van der Waals surface area contributed by atoms with Crippen molar-refractivity contribution >= 4 is 39.1 Å². The number of hydrogen-bond acceptors (Lipinski definition) is 6. The Kier molecular flexibility index (Phi) is 4.63. The van der Waals surface area contributed by atoms with Gasteiger partial charge in [0, 0.05) is 15.8 Å². The summed E-state index contributed by atoms with van der Waals surface area (Å²) in [6.45, 7) is 4.16. The van der Waals surface area contributed by atoms with E-state index in [4.69, 9.17) is 4.74 Å². The van der Waals surface area contributed by atoms with Crippen molar-refractivity contribution in [2.45, 2.75) is 18.9 Å². The number of nitrogens with zero attached hydrogens (tertiary/aromatic N) is 2. The van der Waals surface area contributed by atoms with Gasteiger partial charge in [-0.15, -0.1) is 11.3 Å². The summed E-state index contributed by atoms with van der Waals surface area (Å²) in [5.74, 6) is 1.09. The van der Waals surface area contributed by atoms with E-state index < -0.39 is 0 Å². The van der Waals surface area contributed by atoms with E-state index in [1.165, 1.54) is 22.2 Å². The highest BCUT2D eigenvalue weighted by atomic mass is 32.2. The molecule has 2 heterocycles. The number of carbonyl (C=O) groups is 1. The Balaban J connectivity index is 1.82. The van der Waals surface area contributed by atoms with E-state index in [2.05, 4.69) is 23.8 Å². The summed E-state index contributed by atoms with van der Waals surface area (Å²) < 4.78 is 5.17. The van der Waals surface area contributed by atoms with Gasteiger partial charge in [-0.1, -0.05) is 23.9 Å². The molecule has 0 fully saturated rings. The summed E-state index contributed by atoms with van der Waals surface area (Å²) in [6, 6.07) is 7.22. The van der Waals surface area contributed by atoms with E-state index in [1.807, 2.05) is 12.1 Å². The molecule has 0 radical (unpaired) electrons. The van der Waals surface area contributed by atoms with Crippen molar-refractivity contribution in [2.75, 3.05) is 12.9 Å². The Labute approximate surface area is 142 Å². The second kappa shape index (κ2) is 6.68. The lowest BCUT2D eigenvalue weighted by Gasteiger charge is -2.05. The highest BCUT2D eigenvalue weighted by molar-refractivity contribution is 8.00. The first kappa shape index (κ1) is 16.0. The van der Waals surface area contributed by atoms with E-state index in [9.17, 15) is 4.79 Å². The maximum Gasteiger partial charge on any atom is 0.173 e. The minimum Gasteiger partial charge on any atom is -0.497 e. The lowest BCUT2D eigenvalue weighted by atomic mass is 10.1. The van der Waals surface area contributed by atoms with Crippen LogP contribution in [0.15, 0.2) is 35.6 Å². The summed E-state index contributed by atoms with van der Waals surface area (Å²) >= 11 is 3.12. The summed E-state index contributed by atoms with van der Waals surface area (Å²) in [7, 11) is 1.59. The number of ketones is 1. The number of fused-ring (bicyclic) bond motifs is 1. The van der Waals surface area contributed by atoms with Crippen LogP contribution in [-0.4, -0.2) is 28.6 Å². The van der Waals surface area contributed by atoms with Gasteiger partial charge in [0.1, 0.15) is 21.9 Å². The zero-order valence-electron chi connectivity index (χ0n) is 13.1. The Morgan fingerprint density at radius 1 is 1.30 bits per heavy atom. The minimum atomic E-state index is 0.0604. The van der Waals surface area contributed by atoms with Gasteiger partial charge in [-0.2, -0.15) is 0 Å². The van der Waals surface area contributed by atoms with Crippen molar-refractivity contribution < 1.29 is 9.53 Å². The number of ether oxygens (including phenoxy) is 1. The first-order valence-electron chi connectivity index (χ1n) is 7.11. The van der Waals surface area contributed by atoms with E-state index in [-0.39, 0.29) is 5.78 Å².